The molecule has 2 aliphatic heterocycles. The van der Waals surface area contributed by atoms with Crippen molar-refractivity contribution in [1.29, 1.82) is 0 Å². The summed E-state index contributed by atoms with van der Waals surface area (Å²) in [5.41, 5.74) is 18.8. The molecule has 0 fully saturated rings. The van der Waals surface area contributed by atoms with Gasteiger partial charge in [0.1, 0.15) is 0 Å². The summed E-state index contributed by atoms with van der Waals surface area (Å²) in [6.07, 6.45) is 16.9. The number of hydrogen-bond donors (Lipinski definition) is 0. The fraction of sp³-hybridized carbons (Fsp3) is 0.240. The van der Waals surface area contributed by atoms with Gasteiger partial charge in [0.2, 0.25) is 0 Å². The number of rotatable bonds is 4. The van der Waals surface area contributed by atoms with Gasteiger partial charge in [0.05, 0.1) is 6.04 Å². The van der Waals surface area contributed by atoms with Gasteiger partial charge in [-0.1, -0.05) is 151 Å². The molecule has 262 valence electrons. The second kappa shape index (κ2) is 12.7. The number of nitrogens with zero attached hydrogens (tertiary/aromatic N) is 2. The third kappa shape index (κ3) is 5.82. The molecule has 0 amide bonds. The van der Waals surface area contributed by atoms with E-state index in [1.54, 1.807) is 0 Å². The van der Waals surface area contributed by atoms with Crippen molar-refractivity contribution in [2.75, 3.05) is 9.80 Å². The summed E-state index contributed by atoms with van der Waals surface area (Å²) >= 11 is 0. The van der Waals surface area contributed by atoms with E-state index in [4.69, 9.17) is 0 Å². The van der Waals surface area contributed by atoms with Crippen molar-refractivity contribution in [3.05, 3.63) is 168 Å². The van der Waals surface area contributed by atoms with Gasteiger partial charge in [0, 0.05) is 28.4 Å². The molecule has 0 saturated heterocycles. The normalized spacial score (nSPS) is 17.5. The maximum Gasteiger partial charge on any atom is 0.252 e. The largest absolute Gasteiger partial charge is 0.335 e. The van der Waals surface area contributed by atoms with E-state index in [1.165, 1.54) is 78.2 Å². The maximum atomic E-state index is 2.66. The molecule has 4 aliphatic rings. The minimum atomic E-state index is 0.0246. The number of fused-ring (bicyclic) bond motifs is 4. The lowest BCUT2D eigenvalue weighted by atomic mass is 9.33. The van der Waals surface area contributed by atoms with E-state index in [0.29, 0.717) is 0 Å². The zero-order valence-corrected chi connectivity index (χ0v) is 32.0. The fourth-order valence-corrected chi connectivity index (χ4v) is 8.93. The van der Waals surface area contributed by atoms with Crippen LogP contribution in [0, 0.1) is 0 Å². The van der Waals surface area contributed by atoms with Crippen molar-refractivity contribution < 1.29 is 0 Å². The smallest absolute Gasteiger partial charge is 0.252 e. The highest BCUT2D eigenvalue weighted by Crippen LogP contribution is 2.45. The Hall–Kier alpha value is -5.28. The monoisotopic (exact) mass is 688 g/mol. The van der Waals surface area contributed by atoms with Gasteiger partial charge in [0.15, 0.2) is 0 Å². The van der Waals surface area contributed by atoms with Crippen molar-refractivity contribution in [2.45, 2.75) is 77.7 Å². The highest BCUT2D eigenvalue weighted by molar-refractivity contribution is 7.00. The Balaban J connectivity index is 1.28. The number of hydrogen-bond acceptors (Lipinski definition) is 2. The van der Waals surface area contributed by atoms with Gasteiger partial charge in [-0.25, -0.2) is 0 Å². The van der Waals surface area contributed by atoms with Crippen LogP contribution in [0.3, 0.4) is 0 Å². The van der Waals surface area contributed by atoms with Crippen LogP contribution in [0.1, 0.15) is 83.1 Å². The topological polar surface area (TPSA) is 6.48 Å². The van der Waals surface area contributed by atoms with Gasteiger partial charge in [-0.05, 0) is 116 Å². The van der Waals surface area contributed by atoms with E-state index in [-0.39, 0.29) is 23.6 Å². The quantitative estimate of drug-likeness (QED) is 0.170. The minimum absolute atomic E-state index is 0.0246. The first-order valence-corrected chi connectivity index (χ1v) is 19.5. The Morgan fingerprint density at radius 2 is 1.32 bits per heavy atom. The molecule has 2 aliphatic carbocycles. The Morgan fingerprint density at radius 3 is 2.06 bits per heavy atom. The van der Waals surface area contributed by atoms with E-state index in [1.807, 2.05) is 0 Å². The van der Waals surface area contributed by atoms with E-state index in [9.17, 15) is 0 Å². The lowest BCUT2D eigenvalue weighted by molar-refractivity contribution is 0.590. The van der Waals surface area contributed by atoms with E-state index in [2.05, 4.69) is 197 Å². The second-order valence-corrected chi connectivity index (χ2v) is 17.3. The molecule has 0 aromatic heterocycles. The molecule has 0 radical (unpaired) electrons. The first-order valence-electron chi connectivity index (χ1n) is 19.5. The summed E-state index contributed by atoms with van der Waals surface area (Å²) in [5.74, 6) is 0. The summed E-state index contributed by atoms with van der Waals surface area (Å²) in [5, 5.41) is 0. The lowest BCUT2D eigenvalue weighted by Crippen LogP contribution is -2.62. The summed E-state index contributed by atoms with van der Waals surface area (Å²) in [4.78, 5) is 5.21. The molecule has 2 heterocycles. The van der Waals surface area contributed by atoms with Crippen molar-refractivity contribution in [3.63, 3.8) is 0 Å². The molecule has 0 bridgehead atoms. The molecule has 5 aromatic rings. The maximum absolute atomic E-state index is 2.66. The van der Waals surface area contributed by atoms with Crippen molar-refractivity contribution in [3.8, 4) is 0 Å². The Kier molecular flexibility index (Phi) is 8.04. The average molecular weight is 689 g/mol. The van der Waals surface area contributed by atoms with Gasteiger partial charge in [-0.2, -0.15) is 0 Å². The number of benzene rings is 5. The SMILES string of the molecule is CC(C)(C)c1ccc(N2c3cc(C4=CC=CCC4)ccc3B3c4cc(C(C)(C)C)ccc4N(C4C=CC=C(c5ccccc5)C4)c4cccc2c43)cc1. The predicted molar refractivity (Wildman–Crippen MR) is 230 cm³/mol. The molecule has 53 heavy (non-hydrogen) atoms. The number of anilines is 5. The van der Waals surface area contributed by atoms with Crippen LogP contribution in [-0.2, 0) is 10.8 Å². The number of allylic oxidation sites excluding steroid dienone is 6. The van der Waals surface area contributed by atoms with Crippen LogP contribution in [0.15, 0.2) is 146 Å². The summed E-state index contributed by atoms with van der Waals surface area (Å²) in [6, 6.07) is 42.1. The molecular weight excluding hydrogens is 639 g/mol. The molecule has 2 nitrogen and oxygen atoms in total. The lowest BCUT2D eigenvalue weighted by Gasteiger charge is -2.46. The van der Waals surface area contributed by atoms with Crippen LogP contribution >= 0.6 is 0 Å². The Labute approximate surface area is 317 Å². The fourth-order valence-electron chi connectivity index (χ4n) is 8.93. The second-order valence-electron chi connectivity index (χ2n) is 17.3. The van der Waals surface area contributed by atoms with Crippen molar-refractivity contribution in [2.24, 2.45) is 0 Å². The molecule has 1 atom stereocenters. The summed E-state index contributed by atoms with van der Waals surface area (Å²) < 4.78 is 0. The first kappa shape index (κ1) is 33.6. The van der Waals surface area contributed by atoms with Gasteiger partial charge >= 0.3 is 0 Å². The van der Waals surface area contributed by atoms with E-state index < -0.39 is 0 Å². The third-order valence-electron chi connectivity index (χ3n) is 11.8. The minimum Gasteiger partial charge on any atom is -0.335 e. The molecule has 1 unspecified atom stereocenters. The first-order chi connectivity index (χ1) is 25.6. The average Bonchev–Trinajstić information content (AvgIpc) is 3.17. The highest BCUT2D eigenvalue weighted by Gasteiger charge is 2.44. The van der Waals surface area contributed by atoms with Crippen LogP contribution in [0.5, 0.6) is 0 Å². The highest BCUT2D eigenvalue weighted by atomic mass is 15.2. The third-order valence-corrected chi connectivity index (χ3v) is 11.8. The summed E-state index contributed by atoms with van der Waals surface area (Å²) in [6.45, 7) is 14.0. The van der Waals surface area contributed by atoms with Gasteiger partial charge in [0.25, 0.3) is 6.71 Å². The van der Waals surface area contributed by atoms with Crippen molar-refractivity contribution >= 4 is 62.7 Å². The van der Waals surface area contributed by atoms with E-state index >= 15 is 0 Å². The Morgan fingerprint density at radius 1 is 0.585 bits per heavy atom. The Bertz CT molecular complexity index is 2340. The predicted octanol–water partition coefficient (Wildman–Crippen LogP) is 11.2. The molecule has 0 N–H and O–H groups in total. The van der Waals surface area contributed by atoms with E-state index in [0.717, 1.165) is 19.3 Å². The molecule has 5 aromatic carbocycles. The standard InChI is InChI=1S/C50H49BN2/c1-49(2,3)38-24-27-40(28-25-38)52-45-21-14-22-46-48(45)51(42-29-23-37(32-47(42)52)35-17-11-8-12-18-35)43-33-39(50(4,5)6)26-30-44(43)53(46)41-20-13-19-36(31-41)34-15-9-7-10-16-34/h7-11,13-17,19-30,32-33,41H,12,18,31H2,1-6H3. The van der Waals surface area contributed by atoms with Crippen LogP contribution in [0.25, 0.3) is 11.1 Å². The van der Waals surface area contributed by atoms with Crippen molar-refractivity contribution in [1.82, 2.24) is 0 Å². The summed E-state index contributed by atoms with van der Waals surface area (Å²) in [7, 11) is 0. The van der Waals surface area contributed by atoms with Crippen LogP contribution in [-0.4, -0.2) is 12.8 Å². The molecular formula is C50H49BN2. The zero-order chi connectivity index (χ0) is 36.5. The van der Waals surface area contributed by atoms with Crippen LogP contribution in [0.4, 0.5) is 28.4 Å². The van der Waals surface area contributed by atoms with Gasteiger partial charge in [-0.15, -0.1) is 0 Å². The van der Waals surface area contributed by atoms with Gasteiger partial charge in [-0.3, -0.25) is 0 Å². The molecule has 0 spiro atoms. The van der Waals surface area contributed by atoms with Crippen LogP contribution < -0.4 is 26.2 Å². The zero-order valence-electron chi connectivity index (χ0n) is 32.0. The van der Waals surface area contributed by atoms with Crippen LogP contribution in [0.2, 0.25) is 0 Å². The molecule has 3 heteroatoms. The molecule has 9 rings (SSSR count). The van der Waals surface area contributed by atoms with Gasteiger partial charge < -0.3 is 9.80 Å². The molecule has 0 saturated carbocycles.